The number of amides is 1. The number of hydrogen-bond donors (Lipinski definition) is 1. The summed E-state index contributed by atoms with van der Waals surface area (Å²) in [5, 5.41) is 27.7. The molecule has 300 valence electrons. The Morgan fingerprint density at radius 3 is 2.42 bits per heavy atom. The topological polar surface area (TPSA) is 131 Å². The summed E-state index contributed by atoms with van der Waals surface area (Å²) >= 11 is 13.6. The molecule has 0 fully saturated rings. The van der Waals surface area contributed by atoms with E-state index in [9.17, 15) is 15.2 Å². The molecule has 7 aromatic rings. The fourth-order valence-corrected chi connectivity index (χ4v) is 9.17. The molecule has 0 unspecified atom stereocenters. The van der Waals surface area contributed by atoms with Gasteiger partial charge in [-0.2, -0.15) is 10.4 Å². The Kier molecular flexibility index (Phi) is 10.3. The minimum Gasteiger partial charge on any atom is -0.494 e. The zero-order valence-corrected chi connectivity index (χ0v) is 35.5. The lowest BCUT2D eigenvalue weighted by molar-refractivity contribution is 0.0686. The second-order valence-corrected chi connectivity index (χ2v) is 16.3. The number of anilines is 1. The van der Waals surface area contributed by atoms with Gasteiger partial charge in [0.1, 0.15) is 17.1 Å². The van der Waals surface area contributed by atoms with E-state index in [0.29, 0.717) is 64.6 Å². The van der Waals surface area contributed by atoms with Crippen LogP contribution in [0.1, 0.15) is 85.3 Å². The molecule has 0 saturated heterocycles. The van der Waals surface area contributed by atoms with Gasteiger partial charge in [-0.05, 0) is 125 Å². The molecule has 1 amide bonds. The lowest BCUT2D eigenvalue weighted by Gasteiger charge is -2.35. The van der Waals surface area contributed by atoms with E-state index in [4.69, 9.17) is 33.0 Å². The Morgan fingerprint density at radius 1 is 1.00 bits per heavy atom. The van der Waals surface area contributed by atoms with Gasteiger partial charge in [0.25, 0.3) is 5.91 Å². The molecule has 1 aliphatic heterocycles. The van der Waals surface area contributed by atoms with Crippen LogP contribution in [0.4, 0.5) is 5.69 Å². The molecular weight excluding hydrogens is 785 g/mol. The van der Waals surface area contributed by atoms with Crippen LogP contribution < -0.4 is 9.64 Å². The summed E-state index contributed by atoms with van der Waals surface area (Å²) in [5.74, 6) is -0.581. The second kappa shape index (κ2) is 15.3. The number of halogens is 2. The van der Waals surface area contributed by atoms with E-state index in [-0.39, 0.29) is 24.2 Å². The lowest BCUT2D eigenvalue weighted by Crippen LogP contribution is -2.43. The number of carbonyl (C=O) groups is 2. The Hall–Kier alpha value is -6.09. The first-order chi connectivity index (χ1) is 28.2. The van der Waals surface area contributed by atoms with Gasteiger partial charge in [0.2, 0.25) is 0 Å². The molecule has 0 radical (unpaired) electrons. The number of carboxylic acids is 1. The van der Waals surface area contributed by atoms with Crippen LogP contribution in [0.2, 0.25) is 10.0 Å². The highest BCUT2D eigenvalue weighted by molar-refractivity contribution is 6.35. The molecule has 0 bridgehead atoms. The third kappa shape index (κ3) is 6.80. The number of aryl methyl sites for hydroxylation is 6. The molecule has 0 saturated carbocycles. The maximum Gasteiger partial charge on any atom is 0.352 e. The molecule has 13 heteroatoms. The summed E-state index contributed by atoms with van der Waals surface area (Å²) in [6, 6.07) is 18.5. The summed E-state index contributed by atoms with van der Waals surface area (Å²) in [6.07, 6.45) is 2.69. The molecule has 11 nitrogen and oxygen atoms in total. The van der Waals surface area contributed by atoms with Crippen LogP contribution in [0.15, 0.2) is 60.8 Å². The number of aromatic carboxylic acids is 1. The number of fused-ring (bicyclic) bond motifs is 4. The Balaban J connectivity index is 1.30. The largest absolute Gasteiger partial charge is 0.494 e. The summed E-state index contributed by atoms with van der Waals surface area (Å²) in [7, 11) is 1.91. The van der Waals surface area contributed by atoms with Crippen molar-refractivity contribution >= 4 is 62.6 Å². The maximum absolute atomic E-state index is 15.5. The minimum atomic E-state index is -1.11. The smallest absolute Gasteiger partial charge is 0.352 e. The van der Waals surface area contributed by atoms with E-state index < -0.39 is 5.97 Å². The molecular formula is C46H43Cl2N7O4. The number of pyridine rings is 1. The van der Waals surface area contributed by atoms with Crippen molar-refractivity contribution in [1.82, 2.24) is 23.9 Å². The SMILES string of the molecule is Cc1cc(N2C[C@@H](C)n3c(c(CCCOc4cc(C)c(Cl)c(C)c4)c4ccc(Cl)c(-c5c(C)nn(C)c5C)c43)C2=O)c2c(c1)cc(C(=O)O)n2Cc1cc(C#N)ccn1. The van der Waals surface area contributed by atoms with Gasteiger partial charge < -0.3 is 23.9 Å². The highest BCUT2D eigenvalue weighted by Gasteiger charge is 2.38. The zero-order valence-electron chi connectivity index (χ0n) is 33.9. The van der Waals surface area contributed by atoms with E-state index in [2.05, 4.69) is 22.5 Å². The van der Waals surface area contributed by atoms with Gasteiger partial charge in [-0.15, -0.1) is 0 Å². The van der Waals surface area contributed by atoms with Crippen LogP contribution in [0.3, 0.4) is 0 Å². The van der Waals surface area contributed by atoms with Crippen LogP contribution in [0, 0.1) is 45.9 Å². The first kappa shape index (κ1) is 39.7. The molecule has 1 N–H and O–H groups in total. The summed E-state index contributed by atoms with van der Waals surface area (Å²) in [5.41, 5.74) is 10.8. The Morgan fingerprint density at radius 2 is 1.75 bits per heavy atom. The lowest BCUT2D eigenvalue weighted by atomic mass is 9.98. The van der Waals surface area contributed by atoms with Gasteiger partial charge in [-0.25, -0.2) is 4.79 Å². The van der Waals surface area contributed by atoms with Gasteiger partial charge >= 0.3 is 5.97 Å². The van der Waals surface area contributed by atoms with Crippen molar-refractivity contribution in [3.8, 4) is 22.9 Å². The van der Waals surface area contributed by atoms with Crippen molar-refractivity contribution in [2.75, 3.05) is 18.1 Å². The normalized spacial score (nSPS) is 14.0. The summed E-state index contributed by atoms with van der Waals surface area (Å²) in [4.78, 5) is 34.5. The first-order valence-corrected chi connectivity index (χ1v) is 20.2. The fourth-order valence-electron chi connectivity index (χ4n) is 8.82. The van der Waals surface area contributed by atoms with E-state index in [0.717, 1.165) is 66.4 Å². The summed E-state index contributed by atoms with van der Waals surface area (Å²) < 4.78 is 11.9. The van der Waals surface area contributed by atoms with Crippen LogP contribution in [-0.2, 0) is 20.0 Å². The number of carbonyl (C=O) groups excluding carboxylic acids is 1. The number of ether oxygens (including phenoxy) is 1. The molecule has 1 aliphatic rings. The standard InChI is InChI=1S/C46H43Cl2N7O4/c1-24-15-31-20-38(46(57)58)53(23-32-19-30(21-49)12-13-50-32)42(31)37(16-24)54-22-27(4)55-43-35(10-11-36(47)40(43)39-28(5)51-52(7)29(39)6)34(44(55)45(54)56)9-8-14-59-33-17-25(2)41(48)26(3)18-33/h10-13,15-20,27H,8-9,14,22-23H2,1-7H3,(H,57,58)/t27-/m1/s1. The van der Waals surface area contributed by atoms with Crippen LogP contribution in [0.5, 0.6) is 5.75 Å². The van der Waals surface area contributed by atoms with Crippen molar-refractivity contribution in [3.05, 3.63) is 127 Å². The number of rotatable bonds is 10. The molecule has 4 aromatic heterocycles. The van der Waals surface area contributed by atoms with Crippen molar-refractivity contribution < 1.29 is 19.4 Å². The van der Waals surface area contributed by atoms with Gasteiger partial charge in [0.15, 0.2) is 0 Å². The molecule has 0 spiro atoms. The molecule has 1 atom stereocenters. The highest BCUT2D eigenvalue weighted by atomic mass is 35.5. The zero-order chi connectivity index (χ0) is 42.0. The fraction of sp³-hybridized carbons (Fsp3) is 0.283. The van der Waals surface area contributed by atoms with Gasteiger partial charge in [-0.3, -0.25) is 14.5 Å². The third-order valence-electron chi connectivity index (χ3n) is 11.5. The molecule has 0 aliphatic carbocycles. The Bertz CT molecular complexity index is 2910. The minimum absolute atomic E-state index is 0.0517. The van der Waals surface area contributed by atoms with Gasteiger partial charge in [-0.1, -0.05) is 29.3 Å². The molecule has 5 heterocycles. The number of nitriles is 1. The van der Waals surface area contributed by atoms with Crippen molar-refractivity contribution in [2.24, 2.45) is 7.05 Å². The van der Waals surface area contributed by atoms with Crippen molar-refractivity contribution in [3.63, 3.8) is 0 Å². The molecule has 8 rings (SSSR count). The van der Waals surface area contributed by atoms with Gasteiger partial charge in [0, 0.05) is 58.4 Å². The van der Waals surface area contributed by atoms with E-state index in [1.807, 2.05) is 82.7 Å². The molecule has 59 heavy (non-hydrogen) atoms. The van der Waals surface area contributed by atoms with Crippen LogP contribution in [0.25, 0.3) is 32.9 Å². The van der Waals surface area contributed by atoms with E-state index >= 15 is 4.79 Å². The van der Waals surface area contributed by atoms with Crippen molar-refractivity contribution in [1.29, 1.82) is 5.26 Å². The average Bonchev–Trinajstić information content (AvgIpc) is 3.81. The quantitative estimate of drug-likeness (QED) is 0.136. The predicted molar refractivity (Wildman–Crippen MR) is 231 cm³/mol. The van der Waals surface area contributed by atoms with Crippen molar-refractivity contribution in [2.45, 2.75) is 67.0 Å². The number of hydrogen-bond acceptors (Lipinski definition) is 6. The number of nitrogens with zero attached hydrogens (tertiary/aromatic N) is 7. The third-order valence-corrected chi connectivity index (χ3v) is 12.4. The first-order valence-electron chi connectivity index (χ1n) is 19.5. The predicted octanol–water partition coefficient (Wildman–Crippen LogP) is 10.1. The average molecular weight is 829 g/mol. The van der Waals surface area contributed by atoms with E-state index in [1.165, 1.54) is 0 Å². The Labute approximate surface area is 352 Å². The molecule has 3 aromatic carbocycles. The maximum atomic E-state index is 15.5. The highest BCUT2D eigenvalue weighted by Crippen LogP contribution is 2.46. The monoisotopic (exact) mass is 827 g/mol. The van der Waals surface area contributed by atoms with E-state index in [1.54, 1.807) is 33.9 Å². The number of benzene rings is 3. The van der Waals surface area contributed by atoms with Gasteiger partial charge in [0.05, 0.1) is 57.9 Å². The van der Waals surface area contributed by atoms with Crippen LogP contribution >= 0.6 is 23.2 Å². The second-order valence-electron chi connectivity index (χ2n) is 15.6. The van der Waals surface area contributed by atoms with Crippen LogP contribution in [-0.4, -0.2) is 54.0 Å². The number of carboxylic acid groups (broad SMARTS) is 1. The summed E-state index contributed by atoms with van der Waals surface area (Å²) in [6.45, 7) is 12.7. The number of aromatic nitrogens is 5.